The van der Waals surface area contributed by atoms with Gasteiger partial charge in [0.1, 0.15) is 10.4 Å². The highest BCUT2D eigenvalue weighted by atomic mass is 79.9. The van der Waals surface area contributed by atoms with Crippen LogP contribution in [0.25, 0.3) is 0 Å². The number of phenols is 1. The molecule has 0 radical (unpaired) electrons. The number of anilines is 1. The first kappa shape index (κ1) is 14.4. The number of hydrogen-bond donors (Lipinski definition) is 2. The van der Waals surface area contributed by atoms with Gasteiger partial charge < -0.3 is 10.4 Å². The van der Waals surface area contributed by atoms with E-state index in [0.717, 1.165) is 27.8 Å². The topological polar surface area (TPSA) is 45.1 Å². The summed E-state index contributed by atoms with van der Waals surface area (Å²) in [5, 5.41) is 13.8. The number of phenolic OH excluding ortho intramolecular Hbond substituents is 1. The lowest BCUT2D eigenvalue weighted by Crippen LogP contribution is -2.08. The second-order valence-corrected chi connectivity index (χ2v) is 6.65. The molecule has 4 heteroatoms. The monoisotopic (exact) mass is 346 g/mol. The Hall–Kier alpha value is -1.55. The van der Waals surface area contributed by atoms with Crippen LogP contribution in [0.2, 0.25) is 0 Å². The number of nitrogens with zero attached hydrogens (tertiary/aromatic N) is 1. The third-order valence-corrected chi connectivity index (χ3v) is 5.10. The van der Waals surface area contributed by atoms with Crippen LogP contribution in [0.15, 0.2) is 29.0 Å². The van der Waals surface area contributed by atoms with Gasteiger partial charge in [-0.2, -0.15) is 0 Å². The first-order chi connectivity index (χ1) is 9.97. The van der Waals surface area contributed by atoms with Crippen molar-refractivity contribution < 1.29 is 5.11 Å². The molecule has 3 rings (SSSR count). The Labute approximate surface area is 133 Å². The van der Waals surface area contributed by atoms with Gasteiger partial charge in [-0.15, -0.1) is 0 Å². The van der Waals surface area contributed by atoms with Gasteiger partial charge in [-0.1, -0.05) is 13.0 Å². The van der Waals surface area contributed by atoms with Crippen molar-refractivity contribution in [2.75, 3.05) is 5.32 Å². The fraction of sp³-hybridized carbons (Fsp3) is 0.353. The van der Waals surface area contributed by atoms with E-state index in [9.17, 15) is 5.11 Å². The second-order valence-electron chi connectivity index (χ2n) is 5.89. The van der Waals surface area contributed by atoms with Crippen molar-refractivity contribution in [3.63, 3.8) is 0 Å². The van der Waals surface area contributed by atoms with Gasteiger partial charge in [0.15, 0.2) is 0 Å². The number of benzene rings is 1. The minimum atomic E-state index is 0.136. The molecule has 3 nitrogen and oxygen atoms in total. The maximum absolute atomic E-state index is 10.3. The molecule has 0 saturated heterocycles. The molecule has 110 valence electrons. The molecular formula is C17H19BrN2O. The van der Waals surface area contributed by atoms with Crippen LogP contribution in [-0.4, -0.2) is 10.1 Å². The number of pyridine rings is 1. The summed E-state index contributed by atoms with van der Waals surface area (Å²) in [6.07, 6.45) is 2.81. The van der Waals surface area contributed by atoms with Crippen LogP contribution < -0.4 is 5.32 Å². The van der Waals surface area contributed by atoms with Crippen molar-refractivity contribution in [1.82, 2.24) is 4.98 Å². The summed E-state index contributed by atoms with van der Waals surface area (Å²) in [6, 6.07) is 6.01. The van der Waals surface area contributed by atoms with E-state index in [4.69, 9.17) is 0 Å². The lowest BCUT2D eigenvalue weighted by Gasteiger charge is -2.17. The molecule has 0 aliphatic heterocycles. The molecule has 2 atom stereocenters. The van der Waals surface area contributed by atoms with Gasteiger partial charge in [0.05, 0.1) is 17.9 Å². The van der Waals surface area contributed by atoms with Crippen LogP contribution in [0.4, 0.5) is 5.69 Å². The van der Waals surface area contributed by atoms with Gasteiger partial charge in [0.2, 0.25) is 0 Å². The van der Waals surface area contributed by atoms with Gasteiger partial charge in [-0.3, -0.25) is 0 Å². The predicted molar refractivity (Wildman–Crippen MR) is 88.9 cm³/mol. The van der Waals surface area contributed by atoms with Crippen LogP contribution in [0, 0.1) is 13.8 Å². The molecule has 2 aromatic rings. The molecule has 0 amide bonds. The van der Waals surface area contributed by atoms with Crippen molar-refractivity contribution in [3.8, 4) is 5.75 Å². The van der Waals surface area contributed by atoms with Crippen molar-refractivity contribution >= 4 is 21.6 Å². The molecule has 0 spiro atoms. The van der Waals surface area contributed by atoms with E-state index < -0.39 is 0 Å². The number of aryl methyl sites for hydroxylation is 2. The predicted octanol–water partition coefficient (Wildman–Crippen LogP) is 4.83. The first-order valence-electron chi connectivity index (χ1n) is 7.18. The van der Waals surface area contributed by atoms with E-state index in [2.05, 4.69) is 46.1 Å². The average Bonchev–Trinajstić information content (AvgIpc) is 2.76. The third-order valence-electron chi connectivity index (χ3n) is 4.27. The maximum Gasteiger partial charge on any atom is 0.121 e. The minimum absolute atomic E-state index is 0.136. The Morgan fingerprint density at radius 3 is 2.71 bits per heavy atom. The van der Waals surface area contributed by atoms with Crippen LogP contribution in [-0.2, 0) is 0 Å². The Morgan fingerprint density at radius 2 is 2.00 bits per heavy atom. The van der Waals surface area contributed by atoms with Crippen LogP contribution in [0.3, 0.4) is 0 Å². The SMILES string of the molecule is Cc1cc(NC2CC(C)c3c(C)ccc(O)c32)cnc1Br. The number of aromatic nitrogens is 1. The van der Waals surface area contributed by atoms with Gasteiger partial charge in [-0.25, -0.2) is 4.98 Å². The quantitative estimate of drug-likeness (QED) is 0.765. The first-order valence-corrected chi connectivity index (χ1v) is 7.97. The normalized spacial score (nSPS) is 20.4. The number of fused-ring (bicyclic) bond motifs is 1. The van der Waals surface area contributed by atoms with Gasteiger partial charge >= 0.3 is 0 Å². The molecule has 21 heavy (non-hydrogen) atoms. The molecule has 2 N–H and O–H groups in total. The zero-order valence-corrected chi connectivity index (χ0v) is 14.0. The van der Waals surface area contributed by atoms with Crippen LogP contribution in [0.5, 0.6) is 5.75 Å². The van der Waals surface area contributed by atoms with E-state index >= 15 is 0 Å². The van der Waals surface area contributed by atoms with Crippen molar-refractivity contribution in [3.05, 3.63) is 51.3 Å². The van der Waals surface area contributed by atoms with Gasteiger partial charge in [-0.05, 0) is 70.9 Å². The number of aromatic hydroxyl groups is 1. The highest BCUT2D eigenvalue weighted by Crippen LogP contribution is 2.47. The summed E-state index contributed by atoms with van der Waals surface area (Å²) in [5.41, 5.74) is 5.67. The van der Waals surface area contributed by atoms with E-state index in [1.807, 2.05) is 19.2 Å². The van der Waals surface area contributed by atoms with Gasteiger partial charge in [0, 0.05) is 5.56 Å². The van der Waals surface area contributed by atoms with Crippen LogP contribution >= 0.6 is 15.9 Å². The summed E-state index contributed by atoms with van der Waals surface area (Å²) in [4.78, 5) is 4.33. The van der Waals surface area contributed by atoms with Crippen LogP contribution in [0.1, 0.15) is 47.6 Å². The summed E-state index contributed by atoms with van der Waals surface area (Å²) in [6.45, 7) is 6.36. The fourth-order valence-electron chi connectivity index (χ4n) is 3.31. The third kappa shape index (κ3) is 2.53. The Balaban J connectivity index is 1.96. The summed E-state index contributed by atoms with van der Waals surface area (Å²) in [7, 11) is 0. The number of rotatable bonds is 2. The maximum atomic E-state index is 10.3. The number of hydrogen-bond acceptors (Lipinski definition) is 3. The van der Waals surface area contributed by atoms with E-state index in [1.54, 1.807) is 6.07 Å². The Morgan fingerprint density at radius 1 is 1.24 bits per heavy atom. The van der Waals surface area contributed by atoms with Crippen molar-refractivity contribution in [2.45, 2.75) is 39.2 Å². The molecule has 1 aromatic carbocycles. The standard InChI is InChI=1S/C17H19BrN2O/c1-9-4-5-14(21)16-13(7-10(2)15(9)16)20-12-6-11(3)17(18)19-8-12/h4-6,8,10,13,20-21H,7H2,1-3H3. The summed E-state index contributed by atoms with van der Waals surface area (Å²) in [5.74, 6) is 0.841. The van der Waals surface area contributed by atoms with E-state index in [0.29, 0.717) is 11.7 Å². The lowest BCUT2D eigenvalue weighted by atomic mass is 9.97. The van der Waals surface area contributed by atoms with E-state index in [-0.39, 0.29) is 6.04 Å². The fourth-order valence-corrected chi connectivity index (χ4v) is 3.53. The smallest absolute Gasteiger partial charge is 0.121 e. The molecule has 0 bridgehead atoms. The molecule has 0 fully saturated rings. The number of halogens is 1. The molecule has 1 aliphatic rings. The second kappa shape index (κ2) is 5.34. The largest absolute Gasteiger partial charge is 0.508 e. The van der Waals surface area contributed by atoms with Crippen molar-refractivity contribution in [2.24, 2.45) is 0 Å². The molecule has 2 unspecified atom stereocenters. The molecule has 1 aromatic heterocycles. The Bertz CT molecular complexity index is 699. The molecule has 1 aliphatic carbocycles. The Kier molecular flexibility index (Phi) is 3.66. The highest BCUT2D eigenvalue weighted by Gasteiger charge is 2.32. The molecule has 0 saturated carbocycles. The number of nitrogens with one attached hydrogen (secondary N) is 1. The zero-order chi connectivity index (χ0) is 15.1. The minimum Gasteiger partial charge on any atom is -0.508 e. The summed E-state index contributed by atoms with van der Waals surface area (Å²) >= 11 is 3.42. The zero-order valence-electron chi connectivity index (χ0n) is 12.4. The highest BCUT2D eigenvalue weighted by molar-refractivity contribution is 9.10. The lowest BCUT2D eigenvalue weighted by molar-refractivity contribution is 0.465. The van der Waals surface area contributed by atoms with E-state index in [1.165, 1.54) is 11.1 Å². The van der Waals surface area contributed by atoms with Crippen molar-refractivity contribution in [1.29, 1.82) is 0 Å². The average molecular weight is 347 g/mol. The molecule has 1 heterocycles. The summed E-state index contributed by atoms with van der Waals surface area (Å²) < 4.78 is 0.868. The van der Waals surface area contributed by atoms with Gasteiger partial charge in [0.25, 0.3) is 0 Å². The molecular weight excluding hydrogens is 328 g/mol.